The van der Waals surface area contributed by atoms with Crippen molar-refractivity contribution in [1.82, 2.24) is 19.8 Å². The lowest BCUT2D eigenvalue weighted by Crippen LogP contribution is -2.28. The number of pyridine rings is 1. The number of nitrogens with one attached hydrogen (secondary N) is 1. The van der Waals surface area contributed by atoms with Gasteiger partial charge in [0.05, 0.1) is 5.56 Å². The molecule has 0 saturated heterocycles. The first-order chi connectivity index (χ1) is 15.0. The van der Waals surface area contributed by atoms with Gasteiger partial charge in [-0.15, -0.1) is 0 Å². The highest BCUT2D eigenvalue weighted by Gasteiger charge is 2.17. The van der Waals surface area contributed by atoms with Crippen LogP contribution in [0.3, 0.4) is 0 Å². The topological polar surface area (TPSA) is 59.4 Å². The zero-order valence-corrected chi connectivity index (χ0v) is 18.9. The van der Waals surface area contributed by atoms with E-state index in [1.807, 2.05) is 66.9 Å². The number of hydrogen-bond acceptors (Lipinski definition) is 4. The van der Waals surface area contributed by atoms with Gasteiger partial charge in [0.15, 0.2) is 0 Å². The third-order valence-electron chi connectivity index (χ3n) is 5.53. The Morgan fingerprint density at radius 3 is 2.55 bits per heavy atom. The molecule has 0 unspecified atom stereocenters. The zero-order chi connectivity index (χ0) is 22.2. The van der Waals surface area contributed by atoms with E-state index in [-0.39, 0.29) is 5.91 Å². The molecule has 1 N–H and O–H groups in total. The van der Waals surface area contributed by atoms with Crippen LogP contribution in [0, 0.1) is 13.8 Å². The normalized spacial score (nSPS) is 11.0. The zero-order valence-electron chi connectivity index (χ0n) is 18.9. The van der Waals surface area contributed by atoms with Crippen molar-refractivity contribution in [3.8, 4) is 11.6 Å². The van der Waals surface area contributed by atoms with Crippen molar-refractivity contribution in [3.63, 3.8) is 0 Å². The molecule has 0 saturated carbocycles. The van der Waals surface area contributed by atoms with Crippen LogP contribution < -0.4 is 10.1 Å². The molecule has 0 atom stereocenters. The summed E-state index contributed by atoms with van der Waals surface area (Å²) in [5, 5.41) is 3.05. The summed E-state index contributed by atoms with van der Waals surface area (Å²) in [6, 6.07) is 15.5. The molecule has 2 aromatic heterocycles. The number of aryl methyl sites for hydroxylation is 1. The van der Waals surface area contributed by atoms with Crippen molar-refractivity contribution in [2.24, 2.45) is 0 Å². The van der Waals surface area contributed by atoms with Crippen LogP contribution in [0.25, 0.3) is 5.82 Å². The predicted molar refractivity (Wildman–Crippen MR) is 124 cm³/mol. The molecule has 1 aromatic carbocycles. The Bertz CT molecular complexity index is 994. The number of hydrogen-bond donors (Lipinski definition) is 1. The van der Waals surface area contributed by atoms with Crippen LogP contribution in [0.1, 0.15) is 41.2 Å². The molecule has 1 amide bonds. The predicted octanol–water partition coefficient (Wildman–Crippen LogP) is 4.14. The smallest absolute Gasteiger partial charge is 0.253 e. The van der Waals surface area contributed by atoms with E-state index in [2.05, 4.69) is 29.0 Å². The number of nitrogens with zero attached hydrogens (tertiary/aromatic N) is 3. The maximum Gasteiger partial charge on any atom is 0.253 e. The van der Waals surface area contributed by atoms with Gasteiger partial charge in [0.25, 0.3) is 5.91 Å². The van der Waals surface area contributed by atoms with Crippen molar-refractivity contribution in [1.29, 1.82) is 0 Å². The molecule has 2 heterocycles. The fraction of sp³-hybridized carbons (Fsp3) is 0.360. The van der Waals surface area contributed by atoms with Crippen molar-refractivity contribution in [3.05, 3.63) is 77.2 Å². The number of aromatic nitrogens is 2. The van der Waals surface area contributed by atoms with Crippen molar-refractivity contribution >= 4 is 5.91 Å². The number of likely N-dealkylation sites (N-methyl/N-ethyl adjacent to an activating group) is 1. The van der Waals surface area contributed by atoms with E-state index in [0.29, 0.717) is 18.7 Å². The number of carbonyl (C=O) groups is 1. The van der Waals surface area contributed by atoms with E-state index < -0.39 is 0 Å². The third-order valence-corrected chi connectivity index (χ3v) is 5.53. The highest BCUT2D eigenvalue weighted by Crippen LogP contribution is 2.21. The van der Waals surface area contributed by atoms with Gasteiger partial charge in [-0.1, -0.05) is 38.1 Å². The molecule has 6 nitrogen and oxygen atoms in total. The number of carbonyl (C=O) groups excluding carboxylic acids is 1. The quantitative estimate of drug-likeness (QED) is 0.536. The second-order valence-corrected chi connectivity index (χ2v) is 7.47. The minimum absolute atomic E-state index is 0.103. The van der Waals surface area contributed by atoms with E-state index >= 15 is 0 Å². The maximum absolute atomic E-state index is 12.9. The summed E-state index contributed by atoms with van der Waals surface area (Å²) in [5.74, 6) is 1.52. The van der Waals surface area contributed by atoms with Crippen LogP contribution in [0.15, 0.2) is 54.7 Å². The van der Waals surface area contributed by atoms with Gasteiger partial charge in [-0.2, -0.15) is 0 Å². The van der Waals surface area contributed by atoms with E-state index in [1.54, 1.807) is 6.20 Å². The van der Waals surface area contributed by atoms with Gasteiger partial charge in [-0.05, 0) is 51.2 Å². The average Bonchev–Trinajstić information content (AvgIpc) is 3.10. The van der Waals surface area contributed by atoms with Crippen LogP contribution in [0.2, 0.25) is 0 Å². The highest BCUT2D eigenvalue weighted by molar-refractivity contribution is 5.95. The standard InChI is InChI=1S/C25H32N4O2/c1-5-28(6-2)15-16-31-23-12-8-7-11-21(23)18-27-25(30)22-17-19(3)29(20(22)4)24-13-9-10-14-26-24/h7-14,17H,5-6,15-16,18H2,1-4H3,(H,27,30). The summed E-state index contributed by atoms with van der Waals surface area (Å²) >= 11 is 0. The number of rotatable bonds is 10. The second-order valence-electron chi connectivity index (χ2n) is 7.47. The minimum Gasteiger partial charge on any atom is -0.492 e. The largest absolute Gasteiger partial charge is 0.492 e. The van der Waals surface area contributed by atoms with Crippen molar-refractivity contribution in [2.45, 2.75) is 34.2 Å². The Morgan fingerprint density at radius 2 is 1.84 bits per heavy atom. The van der Waals surface area contributed by atoms with Crippen LogP contribution in [0.4, 0.5) is 0 Å². The molecule has 0 bridgehead atoms. The monoisotopic (exact) mass is 420 g/mol. The van der Waals surface area contributed by atoms with Crippen LogP contribution in [-0.4, -0.2) is 46.6 Å². The first kappa shape index (κ1) is 22.6. The molecule has 3 aromatic rings. The molecule has 31 heavy (non-hydrogen) atoms. The van der Waals surface area contributed by atoms with Crippen LogP contribution >= 0.6 is 0 Å². The van der Waals surface area contributed by atoms with Gasteiger partial charge in [0, 0.05) is 36.2 Å². The third kappa shape index (κ3) is 5.52. The Balaban J connectivity index is 1.67. The molecule has 164 valence electrons. The molecule has 0 spiro atoms. The summed E-state index contributed by atoms with van der Waals surface area (Å²) in [4.78, 5) is 19.7. The summed E-state index contributed by atoms with van der Waals surface area (Å²) in [7, 11) is 0. The van der Waals surface area contributed by atoms with Gasteiger partial charge < -0.3 is 19.5 Å². The van der Waals surface area contributed by atoms with Gasteiger partial charge in [-0.3, -0.25) is 4.79 Å². The summed E-state index contributed by atoms with van der Waals surface area (Å²) < 4.78 is 8.01. The number of para-hydroxylation sites is 1. The molecular formula is C25H32N4O2. The lowest BCUT2D eigenvalue weighted by molar-refractivity contribution is 0.0950. The van der Waals surface area contributed by atoms with E-state index in [4.69, 9.17) is 4.74 Å². The number of amides is 1. The maximum atomic E-state index is 12.9. The second kappa shape index (κ2) is 10.8. The average molecular weight is 421 g/mol. The van der Waals surface area contributed by atoms with E-state index in [9.17, 15) is 4.79 Å². The highest BCUT2D eigenvalue weighted by atomic mass is 16.5. The SMILES string of the molecule is CCN(CC)CCOc1ccccc1CNC(=O)c1cc(C)n(-c2ccccn2)c1C. The van der Waals surface area contributed by atoms with Gasteiger partial charge in [0.1, 0.15) is 18.2 Å². The van der Waals surface area contributed by atoms with Crippen molar-refractivity contribution in [2.75, 3.05) is 26.2 Å². The summed E-state index contributed by atoms with van der Waals surface area (Å²) in [5.41, 5.74) is 3.47. The summed E-state index contributed by atoms with van der Waals surface area (Å²) in [6.45, 7) is 12.2. The first-order valence-electron chi connectivity index (χ1n) is 10.9. The van der Waals surface area contributed by atoms with Crippen LogP contribution in [0.5, 0.6) is 5.75 Å². The molecule has 6 heteroatoms. The molecular weight excluding hydrogens is 388 g/mol. The molecule has 0 aliphatic rings. The minimum atomic E-state index is -0.103. The molecule has 0 aliphatic heterocycles. The van der Waals surface area contributed by atoms with E-state index in [1.165, 1.54) is 0 Å². The molecule has 0 aliphatic carbocycles. The Hall–Kier alpha value is -3.12. The van der Waals surface area contributed by atoms with Gasteiger partial charge in [0.2, 0.25) is 0 Å². The Labute approximate surface area is 184 Å². The molecule has 0 fully saturated rings. The Kier molecular flexibility index (Phi) is 7.84. The Morgan fingerprint density at radius 1 is 1.10 bits per heavy atom. The van der Waals surface area contributed by atoms with Crippen molar-refractivity contribution < 1.29 is 9.53 Å². The lowest BCUT2D eigenvalue weighted by Gasteiger charge is -2.19. The number of ether oxygens (including phenoxy) is 1. The lowest BCUT2D eigenvalue weighted by atomic mass is 10.2. The fourth-order valence-corrected chi connectivity index (χ4v) is 3.72. The number of benzene rings is 1. The summed E-state index contributed by atoms with van der Waals surface area (Å²) in [6.07, 6.45) is 1.76. The van der Waals surface area contributed by atoms with E-state index in [0.717, 1.165) is 48.2 Å². The first-order valence-corrected chi connectivity index (χ1v) is 10.9. The fourth-order valence-electron chi connectivity index (χ4n) is 3.72. The van der Waals surface area contributed by atoms with Gasteiger partial charge >= 0.3 is 0 Å². The van der Waals surface area contributed by atoms with Crippen LogP contribution in [-0.2, 0) is 6.54 Å². The molecule has 3 rings (SSSR count). The molecule has 0 radical (unpaired) electrons. The van der Waals surface area contributed by atoms with Gasteiger partial charge in [-0.25, -0.2) is 4.98 Å².